The van der Waals surface area contributed by atoms with E-state index < -0.39 is 24.3 Å². The molecule has 0 aromatic carbocycles. The summed E-state index contributed by atoms with van der Waals surface area (Å²) >= 11 is 0. The van der Waals surface area contributed by atoms with E-state index in [2.05, 4.69) is 74.6 Å². The van der Waals surface area contributed by atoms with Crippen LogP contribution in [-0.4, -0.2) is 87.4 Å². The van der Waals surface area contributed by atoms with Gasteiger partial charge in [-0.15, -0.1) is 0 Å². The van der Waals surface area contributed by atoms with Crippen molar-refractivity contribution in [1.29, 1.82) is 0 Å². The first kappa shape index (κ1) is 77.0. The molecule has 0 bridgehead atoms. The molecule has 1 N–H and O–H groups in total. The van der Waals surface area contributed by atoms with E-state index in [1.807, 2.05) is 21.1 Å². The molecule has 80 heavy (non-hydrogen) atoms. The molecule has 0 fully saturated rings. The highest BCUT2D eigenvalue weighted by Crippen LogP contribution is 2.18. The number of unbranched alkanes of at least 4 members (excludes halogenated alkanes) is 38. The van der Waals surface area contributed by atoms with Gasteiger partial charge >= 0.3 is 17.9 Å². The van der Waals surface area contributed by atoms with Crippen LogP contribution in [0.2, 0.25) is 0 Å². The summed E-state index contributed by atoms with van der Waals surface area (Å²) in [4.78, 5) is 37.5. The van der Waals surface area contributed by atoms with Crippen molar-refractivity contribution in [2.75, 3.05) is 47.5 Å². The number of carboxylic acid groups (broad SMARTS) is 1. The molecule has 2 unspecified atom stereocenters. The topological polar surface area (TPSA) is 108 Å². The fraction of sp³-hybridized carbons (Fsp3) is 0.817. The summed E-state index contributed by atoms with van der Waals surface area (Å²) in [6.45, 7) is 4.79. The van der Waals surface area contributed by atoms with Gasteiger partial charge in [0, 0.05) is 12.8 Å². The van der Waals surface area contributed by atoms with Crippen LogP contribution >= 0.6 is 0 Å². The number of ether oxygens (including phenoxy) is 4. The highest BCUT2D eigenvalue weighted by molar-refractivity contribution is 5.71. The highest BCUT2D eigenvalue weighted by Gasteiger charge is 2.25. The summed E-state index contributed by atoms with van der Waals surface area (Å²) in [5.41, 5.74) is 0. The monoisotopic (exact) mass is 1120 g/mol. The second-order valence-corrected chi connectivity index (χ2v) is 24.1. The van der Waals surface area contributed by atoms with Crippen LogP contribution in [0.5, 0.6) is 0 Å². The van der Waals surface area contributed by atoms with Crippen LogP contribution in [0.15, 0.2) is 60.8 Å². The average molecular weight is 1130 g/mol. The Morgan fingerprint density at radius 1 is 0.388 bits per heavy atom. The Kier molecular flexibility index (Phi) is 59.7. The van der Waals surface area contributed by atoms with Gasteiger partial charge in [-0.1, -0.05) is 286 Å². The Balaban J connectivity index is 3.96. The largest absolute Gasteiger partial charge is 0.477 e. The number of carbonyl (C=O) groups is 3. The number of allylic oxidation sites excluding steroid dienone is 10. The number of aliphatic carboxylic acids is 1. The van der Waals surface area contributed by atoms with Gasteiger partial charge in [-0.25, -0.2) is 4.79 Å². The molecule has 0 aliphatic heterocycles. The molecule has 0 aliphatic carbocycles. The van der Waals surface area contributed by atoms with E-state index in [1.165, 1.54) is 212 Å². The summed E-state index contributed by atoms with van der Waals surface area (Å²) < 4.78 is 22.9. The van der Waals surface area contributed by atoms with Crippen molar-refractivity contribution in [3.8, 4) is 0 Å². The molecule has 9 nitrogen and oxygen atoms in total. The van der Waals surface area contributed by atoms with Crippen molar-refractivity contribution in [1.82, 2.24) is 0 Å². The van der Waals surface area contributed by atoms with Crippen LogP contribution < -0.4 is 0 Å². The third-order valence-electron chi connectivity index (χ3n) is 15.0. The normalized spacial score (nSPS) is 13.1. The molecule has 0 aromatic rings. The van der Waals surface area contributed by atoms with Crippen LogP contribution in [-0.2, 0) is 33.3 Å². The Morgan fingerprint density at radius 3 is 1.07 bits per heavy atom. The number of carboxylic acids is 1. The summed E-state index contributed by atoms with van der Waals surface area (Å²) in [6.07, 6.45) is 77.8. The molecular formula is C71H130NO8+. The van der Waals surface area contributed by atoms with Gasteiger partial charge in [0.15, 0.2) is 6.10 Å². The fourth-order valence-electron chi connectivity index (χ4n) is 9.83. The summed E-state index contributed by atoms with van der Waals surface area (Å²) in [6, 6.07) is 0. The van der Waals surface area contributed by atoms with Crippen molar-refractivity contribution in [2.24, 2.45) is 0 Å². The lowest BCUT2D eigenvalue weighted by molar-refractivity contribution is -0.870. The smallest absolute Gasteiger partial charge is 0.361 e. The van der Waals surface area contributed by atoms with Gasteiger partial charge in [-0.05, 0) is 77.0 Å². The van der Waals surface area contributed by atoms with Crippen molar-refractivity contribution in [3.05, 3.63) is 60.8 Å². The van der Waals surface area contributed by atoms with Crippen molar-refractivity contribution in [3.63, 3.8) is 0 Å². The SMILES string of the molecule is CC/C=C\C/C=C\C/C=C\C/C=C\CCCCCCCCCCCCCCCCCCCCCCCCCCCCC(=O)OC(COC(=O)CCCCCCC/C=C\CCCCCCCCC)COC(OCC[N+](C)(C)C)C(=O)O. The Bertz CT molecular complexity index is 1500. The number of likely N-dealkylation sites (N-methyl/N-ethyl adjacent to an activating group) is 1. The predicted molar refractivity (Wildman–Crippen MR) is 341 cm³/mol. The second kappa shape index (κ2) is 62.0. The van der Waals surface area contributed by atoms with Gasteiger partial charge < -0.3 is 28.5 Å². The molecule has 0 saturated heterocycles. The number of hydrogen-bond donors (Lipinski definition) is 1. The summed E-state index contributed by atoms with van der Waals surface area (Å²) in [5.74, 6) is -2.00. The molecule has 0 spiro atoms. The van der Waals surface area contributed by atoms with Crippen LogP contribution in [0.4, 0.5) is 0 Å². The van der Waals surface area contributed by atoms with E-state index in [9.17, 15) is 19.5 Å². The maximum atomic E-state index is 12.9. The van der Waals surface area contributed by atoms with E-state index in [-0.39, 0.29) is 32.2 Å². The minimum Gasteiger partial charge on any atom is -0.477 e. The molecule has 0 saturated carbocycles. The molecule has 2 atom stereocenters. The van der Waals surface area contributed by atoms with Gasteiger partial charge in [-0.3, -0.25) is 9.59 Å². The third kappa shape index (κ3) is 62.6. The number of esters is 2. The van der Waals surface area contributed by atoms with Crippen LogP contribution in [0.1, 0.15) is 316 Å². The van der Waals surface area contributed by atoms with Gasteiger partial charge in [0.2, 0.25) is 0 Å². The Morgan fingerprint density at radius 2 is 0.713 bits per heavy atom. The molecule has 0 amide bonds. The quantitative estimate of drug-likeness (QED) is 0.0211. The lowest BCUT2D eigenvalue weighted by Crippen LogP contribution is -2.40. The second-order valence-electron chi connectivity index (χ2n) is 24.1. The number of carbonyl (C=O) groups excluding carboxylic acids is 2. The molecule has 0 aliphatic rings. The van der Waals surface area contributed by atoms with Crippen LogP contribution in [0, 0.1) is 0 Å². The number of nitrogens with zero attached hydrogens (tertiary/aromatic N) is 1. The Hall–Kier alpha value is -3.01. The molecule has 466 valence electrons. The van der Waals surface area contributed by atoms with E-state index in [0.29, 0.717) is 17.4 Å². The number of hydrogen-bond acceptors (Lipinski definition) is 7. The van der Waals surface area contributed by atoms with Crippen LogP contribution in [0.25, 0.3) is 0 Å². The molecule has 9 heteroatoms. The number of rotatable bonds is 63. The average Bonchev–Trinajstić information content (AvgIpc) is 3.43. The van der Waals surface area contributed by atoms with Gasteiger partial charge in [0.05, 0.1) is 34.4 Å². The van der Waals surface area contributed by atoms with Crippen molar-refractivity contribution < 1.29 is 42.9 Å². The maximum absolute atomic E-state index is 12.9. The first-order valence-corrected chi connectivity index (χ1v) is 34.0. The maximum Gasteiger partial charge on any atom is 0.361 e. The molecule has 0 radical (unpaired) electrons. The van der Waals surface area contributed by atoms with Gasteiger partial charge in [0.25, 0.3) is 6.29 Å². The lowest BCUT2D eigenvalue weighted by Gasteiger charge is -2.25. The fourth-order valence-corrected chi connectivity index (χ4v) is 9.83. The minimum atomic E-state index is -1.51. The van der Waals surface area contributed by atoms with E-state index in [4.69, 9.17) is 18.9 Å². The van der Waals surface area contributed by atoms with E-state index in [0.717, 1.165) is 77.0 Å². The Labute approximate surface area is 495 Å². The zero-order valence-electron chi connectivity index (χ0n) is 53.2. The summed E-state index contributed by atoms with van der Waals surface area (Å²) in [5, 5.41) is 9.72. The van der Waals surface area contributed by atoms with Gasteiger partial charge in [-0.2, -0.15) is 0 Å². The standard InChI is InChI=1S/C71H129NO8/c1-6-8-10-12-14-16-18-20-22-24-25-26-27-28-29-30-31-32-33-34-35-36-37-38-39-40-41-42-43-44-45-46-48-50-52-54-56-58-60-62-69(74)80-67(66-79-71(70(75)76)77-64-63-72(3,4)5)65-78-68(73)61-59-57-55-53-51-49-47-23-21-19-17-15-13-11-9-7-2/h8,10,14,16,20,22-23,25-26,47,67,71H,6-7,9,11-13,15,17-19,21,24,27-46,48-66H2,1-5H3/p+1/b10-8-,16-14-,22-20-,26-25-,47-23-. The molecule has 0 rings (SSSR count). The number of quaternary nitrogens is 1. The molecule has 0 heterocycles. The zero-order chi connectivity index (χ0) is 58.3. The minimum absolute atomic E-state index is 0.183. The van der Waals surface area contributed by atoms with Crippen LogP contribution in [0.3, 0.4) is 0 Å². The predicted octanol–water partition coefficient (Wildman–Crippen LogP) is 20.7. The third-order valence-corrected chi connectivity index (χ3v) is 15.0. The van der Waals surface area contributed by atoms with E-state index in [1.54, 1.807) is 0 Å². The molecule has 0 aromatic heterocycles. The van der Waals surface area contributed by atoms with Crippen molar-refractivity contribution in [2.45, 2.75) is 328 Å². The zero-order valence-corrected chi connectivity index (χ0v) is 53.2. The lowest BCUT2D eigenvalue weighted by atomic mass is 10.0. The van der Waals surface area contributed by atoms with E-state index >= 15 is 0 Å². The van der Waals surface area contributed by atoms with Crippen molar-refractivity contribution >= 4 is 17.9 Å². The van der Waals surface area contributed by atoms with Gasteiger partial charge in [0.1, 0.15) is 13.2 Å². The highest BCUT2D eigenvalue weighted by atomic mass is 16.7. The molecular weight excluding hydrogens is 995 g/mol. The first-order valence-electron chi connectivity index (χ1n) is 34.0. The first-order chi connectivity index (χ1) is 39.1. The summed E-state index contributed by atoms with van der Waals surface area (Å²) in [7, 11) is 5.98.